The first-order valence-corrected chi connectivity index (χ1v) is 12.1. The molecule has 0 radical (unpaired) electrons. The molecule has 1 atom stereocenters. The zero-order valence-corrected chi connectivity index (χ0v) is 21.4. The van der Waals surface area contributed by atoms with E-state index in [0.717, 1.165) is 39.6 Å². The normalized spacial score (nSPS) is 11.7. The van der Waals surface area contributed by atoms with E-state index in [1.807, 2.05) is 64.1 Å². The molecule has 0 aliphatic carbocycles. The van der Waals surface area contributed by atoms with Gasteiger partial charge in [0, 0.05) is 17.6 Å². The lowest BCUT2D eigenvalue weighted by Crippen LogP contribution is -2.50. The summed E-state index contributed by atoms with van der Waals surface area (Å²) in [6, 6.07) is 11.2. The monoisotopic (exact) mass is 502 g/mol. The number of hydrogen-bond acceptors (Lipinski definition) is 3. The van der Waals surface area contributed by atoms with E-state index in [0.29, 0.717) is 25.3 Å². The summed E-state index contributed by atoms with van der Waals surface area (Å²) in [5.74, 6) is 0.329. The number of nitrogens with zero attached hydrogens (tertiary/aromatic N) is 1. The second-order valence-electron chi connectivity index (χ2n) is 8.18. The lowest BCUT2D eigenvalue weighted by atomic mass is 10.1. The van der Waals surface area contributed by atoms with Gasteiger partial charge in [-0.15, -0.1) is 0 Å². The molecule has 2 amide bonds. The molecule has 0 heterocycles. The summed E-state index contributed by atoms with van der Waals surface area (Å²) in [4.78, 5) is 27.9. The van der Waals surface area contributed by atoms with E-state index in [2.05, 4.69) is 28.2 Å². The van der Waals surface area contributed by atoms with Crippen molar-refractivity contribution >= 4 is 27.7 Å². The van der Waals surface area contributed by atoms with Crippen molar-refractivity contribution in [3.63, 3.8) is 0 Å². The highest BCUT2D eigenvalue weighted by Crippen LogP contribution is 2.26. The summed E-state index contributed by atoms with van der Waals surface area (Å²) >= 11 is 3.56. The van der Waals surface area contributed by atoms with Gasteiger partial charge in [0.2, 0.25) is 5.91 Å². The van der Waals surface area contributed by atoms with Crippen molar-refractivity contribution < 1.29 is 14.3 Å². The van der Waals surface area contributed by atoms with Crippen molar-refractivity contribution in [2.75, 3.05) is 13.2 Å². The van der Waals surface area contributed by atoms with Crippen LogP contribution in [0.1, 0.15) is 55.4 Å². The summed E-state index contributed by atoms with van der Waals surface area (Å²) in [7, 11) is 0. The predicted molar refractivity (Wildman–Crippen MR) is 133 cm³/mol. The van der Waals surface area contributed by atoms with Crippen LogP contribution in [0.25, 0.3) is 0 Å². The van der Waals surface area contributed by atoms with Gasteiger partial charge in [0.05, 0.1) is 0 Å². The Morgan fingerprint density at radius 3 is 2.31 bits per heavy atom. The topological polar surface area (TPSA) is 58.6 Å². The van der Waals surface area contributed by atoms with Crippen LogP contribution in [0.2, 0.25) is 0 Å². The van der Waals surface area contributed by atoms with E-state index in [1.54, 1.807) is 4.90 Å². The molecular weight excluding hydrogens is 468 g/mol. The second kappa shape index (κ2) is 12.6. The Hall–Kier alpha value is -2.34. The van der Waals surface area contributed by atoms with Gasteiger partial charge < -0.3 is 15.0 Å². The van der Waals surface area contributed by atoms with E-state index in [1.165, 1.54) is 0 Å². The third kappa shape index (κ3) is 7.09. The van der Waals surface area contributed by atoms with E-state index in [-0.39, 0.29) is 18.4 Å². The van der Waals surface area contributed by atoms with Crippen molar-refractivity contribution in [1.29, 1.82) is 0 Å². The lowest BCUT2D eigenvalue weighted by Gasteiger charge is -2.31. The average molecular weight is 503 g/mol. The quantitative estimate of drug-likeness (QED) is 0.414. The second-order valence-corrected chi connectivity index (χ2v) is 8.97. The fourth-order valence-electron chi connectivity index (χ4n) is 3.61. The number of amides is 2. The van der Waals surface area contributed by atoms with E-state index in [9.17, 15) is 9.59 Å². The fourth-order valence-corrected chi connectivity index (χ4v) is 3.84. The minimum absolute atomic E-state index is 0.113. The molecule has 0 saturated carbocycles. The minimum Gasteiger partial charge on any atom is -0.484 e. The summed E-state index contributed by atoms with van der Waals surface area (Å²) in [6.45, 7) is 10.9. The molecule has 0 fully saturated rings. The first-order valence-electron chi connectivity index (χ1n) is 11.3. The van der Waals surface area contributed by atoms with Crippen molar-refractivity contribution in [3.8, 4) is 5.75 Å². The van der Waals surface area contributed by atoms with Crippen LogP contribution in [-0.2, 0) is 16.1 Å². The summed E-state index contributed by atoms with van der Waals surface area (Å²) in [5, 5.41) is 2.99. The molecule has 174 valence electrons. The molecule has 0 aromatic heterocycles. The van der Waals surface area contributed by atoms with Gasteiger partial charge >= 0.3 is 0 Å². The van der Waals surface area contributed by atoms with Crippen LogP contribution in [0.3, 0.4) is 0 Å². The van der Waals surface area contributed by atoms with E-state index >= 15 is 0 Å². The Morgan fingerprint density at radius 1 is 1.06 bits per heavy atom. The van der Waals surface area contributed by atoms with Gasteiger partial charge in [-0.05, 0) is 68.0 Å². The Bertz CT molecular complexity index is 906. The largest absolute Gasteiger partial charge is 0.484 e. The number of benzene rings is 2. The highest BCUT2D eigenvalue weighted by atomic mass is 79.9. The van der Waals surface area contributed by atoms with Crippen molar-refractivity contribution in [1.82, 2.24) is 10.2 Å². The molecule has 2 aromatic carbocycles. The highest BCUT2D eigenvalue weighted by molar-refractivity contribution is 9.10. The first-order chi connectivity index (χ1) is 15.3. The molecule has 1 N–H and O–H groups in total. The molecule has 5 nitrogen and oxygen atoms in total. The van der Waals surface area contributed by atoms with Crippen LogP contribution in [0.15, 0.2) is 40.9 Å². The Morgan fingerprint density at radius 2 is 1.72 bits per heavy atom. The van der Waals surface area contributed by atoms with Gasteiger partial charge in [0.15, 0.2) is 6.61 Å². The molecule has 0 aliphatic rings. The standard InChI is InChI=1S/C26H35BrN2O3/c1-6-8-13-28-26(31)23(7-2)29(16-21-12-10-9-11-18(21)3)24(30)17-32-22-14-19(4)25(27)20(5)15-22/h9-12,14-15,23H,6-8,13,16-17H2,1-5H3,(H,28,31)/t23-/m1/s1. The molecule has 0 bridgehead atoms. The Labute approximate surface area is 200 Å². The molecule has 2 aromatic rings. The number of rotatable bonds is 11. The summed E-state index contributed by atoms with van der Waals surface area (Å²) in [5.41, 5.74) is 4.21. The number of nitrogens with one attached hydrogen (secondary N) is 1. The predicted octanol–water partition coefficient (Wildman–Crippen LogP) is 5.48. The van der Waals surface area contributed by atoms with Gasteiger partial charge in [-0.3, -0.25) is 9.59 Å². The SMILES string of the molecule is CCCCNC(=O)[C@@H](CC)N(Cc1ccccc1C)C(=O)COc1cc(C)c(Br)c(C)c1. The van der Waals surface area contributed by atoms with Gasteiger partial charge in [-0.25, -0.2) is 0 Å². The minimum atomic E-state index is -0.545. The number of hydrogen-bond donors (Lipinski definition) is 1. The first kappa shape index (κ1) is 25.9. The van der Waals surface area contributed by atoms with Crippen LogP contribution in [-0.4, -0.2) is 35.9 Å². The lowest BCUT2D eigenvalue weighted by molar-refractivity contribution is -0.143. The number of ether oxygens (including phenoxy) is 1. The molecule has 0 unspecified atom stereocenters. The smallest absolute Gasteiger partial charge is 0.261 e. The average Bonchev–Trinajstić information content (AvgIpc) is 2.77. The number of aryl methyl sites for hydroxylation is 3. The van der Waals surface area contributed by atoms with Gasteiger partial charge in [0.25, 0.3) is 5.91 Å². The van der Waals surface area contributed by atoms with Crippen LogP contribution < -0.4 is 10.1 Å². The zero-order chi connectivity index (χ0) is 23.7. The Balaban J connectivity index is 2.22. The van der Waals surface area contributed by atoms with E-state index < -0.39 is 6.04 Å². The highest BCUT2D eigenvalue weighted by Gasteiger charge is 2.29. The number of unbranched alkanes of at least 4 members (excludes halogenated alkanes) is 1. The fraction of sp³-hybridized carbons (Fsp3) is 0.462. The molecule has 2 rings (SSSR count). The summed E-state index contributed by atoms with van der Waals surface area (Å²) in [6.07, 6.45) is 2.45. The Kier molecular flexibility index (Phi) is 10.2. The van der Waals surface area contributed by atoms with Crippen molar-refractivity contribution in [2.45, 2.75) is 66.5 Å². The van der Waals surface area contributed by atoms with Gasteiger partial charge in [0.1, 0.15) is 11.8 Å². The van der Waals surface area contributed by atoms with Gasteiger partial charge in [-0.1, -0.05) is 60.5 Å². The zero-order valence-electron chi connectivity index (χ0n) is 19.8. The van der Waals surface area contributed by atoms with Crippen LogP contribution in [0.5, 0.6) is 5.75 Å². The third-order valence-corrected chi connectivity index (χ3v) is 6.84. The maximum absolute atomic E-state index is 13.3. The third-order valence-electron chi connectivity index (χ3n) is 5.59. The summed E-state index contributed by atoms with van der Waals surface area (Å²) < 4.78 is 6.90. The molecule has 0 aliphatic heterocycles. The van der Waals surface area contributed by atoms with Crippen LogP contribution in [0, 0.1) is 20.8 Å². The maximum atomic E-state index is 13.3. The number of carbonyl (C=O) groups is 2. The molecule has 0 saturated heterocycles. The maximum Gasteiger partial charge on any atom is 0.261 e. The molecule has 32 heavy (non-hydrogen) atoms. The molecular formula is C26H35BrN2O3. The van der Waals surface area contributed by atoms with Gasteiger partial charge in [-0.2, -0.15) is 0 Å². The number of carbonyl (C=O) groups excluding carboxylic acids is 2. The van der Waals surface area contributed by atoms with Crippen molar-refractivity contribution in [2.24, 2.45) is 0 Å². The van der Waals surface area contributed by atoms with E-state index in [4.69, 9.17) is 4.74 Å². The van der Waals surface area contributed by atoms with Crippen LogP contribution >= 0.6 is 15.9 Å². The molecule has 0 spiro atoms. The van der Waals surface area contributed by atoms with Crippen LogP contribution in [0.4, 0.5) is 0 Å². The van der Waals surface area contributed by atoms with Crippen molar-refractivity contribution in [3.05, 3.63) is 63.1 Å². The molecule has 6 heteroatoms. The number of halogens is 1.